The van der Waals surface area contributed by atoms with Crippen LogP contribution in [0.25, 0.3) is 0 Å². The second kappa shape index (κ2) is 6.11. The van der Waals surface area contributed by atoms with Crippen molar-refractivity contribution in [3.8, 4) is 0 Å². The maximum atomic E-state index is 4.06. The molecule has 0 bridgehead atoms. The van der Waals surface area contributed by atoms with Crippen LogP contribution in [0.2, 0.25) is 0 Å². The highest BCUT2D eigenvalue weighted by Crippen LogP contribution is 2.17. The maximum Gasteiger partial charge on any atom is 0.133 e. The number of hydrogen-bond donors (Lipinski definition) is 1. The molecule has 5 heteroatoms. The molecule has 0 spiro atoms. The van der Waals surface area contributed by atoms with E-state index in [1.807, 2.05) is 17.7 Å². The molecule has 1 aromatic heterocycles. The summed E-state index contributed by atoms with van der Waals surface area (Å²) in [5, 5.41) is 11.4. The van der Waals surface area contributed by atoms with Gasteiger partial charge in [-0.25, -0.2) is 0 Å². The highest BCUT2D eigenvalue weighted by molar-refractivity contribution is 9.10. The third kappa shape index (κ3) is 3.40. The zero-order valence-corrected chi connectivity index (χ0v) is 12.2. The fourth-order valence-corrected chi connectivity index (χ4v) is 2.24. The largest absolute Gasteiger partial charge is 0.321 e. The second-order valence-corrected chi connectivity index (χ2v) is 5.25. The van der Waals surface area contributed by atoms with E-state index in [2.05, 4.69) is 56.6 Å². The molecule has 1 aromatic carbocycles. The van der Waals surface area contributed by atoms with Gasteiger partial charge in [0.2, 0.25) is 0 Å². The minimum Gasteiger partial charge on any atom is -0.321 e. The van der Waals surface area contributed by atoms with Gasteiger partial charge in [-0.3, -0.25) is 0 Å². The lowest BCUT2D eigenvalue weighted by Crippen LogP contribution is -2.22. The van der Waals surface area contributed by atoms with Gasteiger partial charge in [0.1, 0.15) is 12.2 Å². The Morgan fingerprint density at radius 2 is 2.28 bits per heavy atom. The van der Waals surface area contributed by atoms with Gasteiger partial charge in [-0.05, 0) is 24.6 Å². The van der Waals surface area contributed by atoms with Crippen LogP contribution in [-0.4, -0.2) is 21.3 Å². The van der Waals surface area contributed by atoms with Gasteiger partial charge in [-0.1, -0.05) is 28.1 Å². The molecule has 1 N–H and O–H groups in total. The van der Waals surface area contributed by atoms with Gasteiger partial charge in [0.15, 0.2) is 0 Å². The molecular weight excluding hydrogens is 292 g/mol. The Hall–Kier alpha value is -1.20. The van der Waals surface area contributed by atoms with Gasteiger partial charge in [0.25, 0.3) is 0 Å². The van der Waals surface area contributed by atoms with E-state index in [-0.39, 0.29) is 0 Å². The standard InChI is InChI=1S/C13H17BrN4/c1-10(11-4-3-5-12(14)8-11)15-7-6-13-17-16-9-18(13)2/h3-5,8-10,15H,6-7H2,1-2H3. The molecule has 0 aliphatic rings. The Morgan fingerprint density at radius 3 is 2.94 bits per heavy atom. The molecule has 2 rings (SSSR count). The first kappa shape index (κ1) is 13.2. The van der Waals surface area contributed by atoms with Crippen molar-refractivity contribution in [2.75, 3.05) is 6.54 Å². The first-order valence-electron chi connectivity index (χ1n) is 5.98. The summed E-state index contributed by atoms with van der Waals surface area (Å²) in [6, 6.07) is 8.69. The number of nitrogens with zero attached hydrogens (tertiary/aromatic N) is 3. The van der Waals surface area contributed by atoms with Gasteiger partial charge >= 0.3 is 0 Å². The van der Waals surface area contributed by atoms with Crippen LogP contribution in [0.4, 0.5) is 0 Å². The van der Waals surface area contributed by atoms with Crippen molar-refractivity contribution in [3.63, 3.8) is 0 Å². The van der Waals surface area contributed by atoms with E-state index in [1.165, 1.54) is 5.56 Å². The van der Waals surface area contributed by atoms with Crippen molar-refractivity contribution in [2.24, 2.45) is 7.05 Å². The molecule has 18 heavy (non-hydrogen) atoms. The van der Waals surface area contributed by atoms with E-state index >= 15 is 0 Å². The van der Waals surface area contributed by atoms with Crippen molar-refractivity contribution >= 4 is 15.9 Å². The second-order valence-electron chi connectivity index (χ2n) is 4.34. The Balaban J connectivity index is 1.85. The number of benzene rings is 1. The summed E-state index contributed by atoms with van der Waals surface area (Å²) in [7, 11) is 1.97. The van der Waals surface area contributed by atoms with Crippen LogP contribution in [0.15, 0.2) is 35.1 Å². The van der Waals surface area contributed by atoms with Gasteiger partial charge in [0.05, 0.1) is 0 Å². The van der Waals surface area contributed by atoms with Crippen molar-refractivity contribution in [2.45, 2.75) is 19.4 Å². The molecule has 0 radical (unpaired) electrons. The third-order valence-corrected chi connectivity index (χ3v) is 3.45. The van der Waals surface area contributed by atoms with E-state index in [0.717, 1.165) is 23.3 Å². The SMILES string of the molecule is CC(NCCc1nncn1C)c1cccc(Br)c1. The minimum absolute atomic E-state index is 0.329. The van der Waals surface area contributed by atoms with Crippen molar-refractivity contribution in [1.29, 1.82) is 0 Å². The molecule has 1 heterocycles. The van der Waals surface area contributed by atoms with Gasteiger partial charge in [-0.15, -0.1) is 10.2 Å². The van der Waals surface area contributed by atoms with Gasteiger partial charge in [0, 0.05) is 30.5 Å². The Bertz CT molecular complexity index is 509. The monoisotopic (exact) mass is 308 g/mol. The molecule has 0 saturated heterocycles. The summed E-state index contributed by atoms with van der Waals surface area (Å²) in [5.41, 5.74) is 1.28. The first-order chi connectivity index (χ1) is 8.66. The van der Waals surface area contributed by atoms with Crippen molar-refractivity contribution < 1.29 is 0 Å². The molecular formula is C13H17BrN4. The van der Waals surface area contributed by atoms with Crippen LogP contribution in [0, 0.1) is 0 Å². The predicted molar refractivity (Wildman–Crippen MR) is 75.3 cm³/mol. The summed E-state index contributed by atoms with van der Waals surface area (Å²) in [4.78, 5) is 0. The maximum absolute atomic E-state index is 4.06. The number of rotatable bonds is 5. The lowest BCUT2D eigenvalue weighted by molar-refractivity contribution is 0.564. The smallest absolute Gasteiger partial charge is 0.133 e. The van der Waals surface area contributed by atoms with Crippen LogP contribution in [0.5, 0.6) is 0 Å². The fraction of sp³-hybridized carbons (Fsp3) is 0.385. The molecule has 0 saturated carbocycles. The lowest BCUT2D eigenvalue weighted by atomic mass is 10.1. The number of aryl methyl sites for hydroxylation is 1. The normalized spacial score (nSPS) is 12.6. The molecule has 0 amide bonds. The molecule has 0 fully saturated rings. The summed E-state index contributed by atoms with van der Waals surface area (Å²) in [5.74, 6) is 1.00. The molecule has 0 aliphatic heterocycles. The molecule has 1 atom stereocenters. The van der Waals surface area contributed by atoms with Crippen LogP contribution in [0.3, 0.4) is 0 Å². The van der Waals surface area contributed by atoms with Gasteiger partial charge < -0.3 is 9.88 Å². The van der Waals surface area contributed by atoms with Crippen LogP contribution < -0.4 is 5.32 Å². The van der Waals surface area contributed by atoms with E-state index in [1.54, 1.807) is 6.33 Å². The lowest BCUT2D eigenvalue weighted by Gasteiger charge is -2.14. The molecule has 96 valence electrons. The quantitative estimate of drug-likeness (QED) is 0.922. The zero-order chi connectivity index (χ0) is 13.0. The predicted octanol–water partition coefficient (Wildman–Crippen LogP) is 2.47. The molecule has 1 unspecified atom stereocenters. The minimum atomic E-state index is 0.329. The number of aromatic nitrogens is 3. The molecule has 0 aliphatic carbocycles. The van der Waals surface area contributed by atoms with Crippen LogP contribution in [-0.2, 0) is 13.5 Å². The average Bonchev–Trinajstić information content (AvgIpc) is 2.75. The van der Waals surface area contributed by atoms with E-state index in [4.69, 9.17) is 0 Å². The number of nitrogens with one attached hydrogen (secondary N) is 1. The van der Waals surface area contributed by atoms with E-state index in [0.29, 0.717) is 6.04 Å². The molecule has 2 aromatic rings. The summed E-state index contributed by atoms with van der Waals surface area (Å²) < 4.78 is 3.06. The topological polar surface area (TPSA) is 42.7 Å². The third-order valence-electron chi connectivity index (χ3n) is 2.95. The Kier molecular flexibility index (Phi) is 4.49. The van der Waals surface area contributed by atoms with Crippen molar-refractivity contribution in [1.82, 2.24) is 20.1 Å². The number of hydrogen-bond acceptors (Lipinski definition) is 3. The highest BCUT2D eigenvalue weighted by Gasteiger charge is 2.06. The summed E-state index contributed by atoms with van der Waals surface area (Å²) in [6.07, 6.45) is 2.61. The number of halogens is 1. The van der Waals surface area contributed by atoms with E-state index in [9.17, 15) is 0 Å². The Morgan fingerprint density at radius 1 is 1.44 bits per heavy atom. The summed E-state index contributed by atoms with van der Waals surface area (Å²) in [6.45, 7) is 3.05. The first-order valence-corrected chi connectivity index (χ1v) is 6.78. The average molecular weight is 309 g/mol. The summed E-state index contributed by atoms with van der Waals surface area (Å²) >= 11 is 3.49. The fourth-order valence-electron chi connectivity index (χ4n) is 1.83. The van der Waals surface area contributed by atoms with Gasteiger partial charge in [-0.2, -0.15) is 0 Å². The zero-order valence-electron chi connectivity index (χ0n) is 10.6. The highest BCUT2D eigenvalue weighted by atomic mass is 79.9. The van der Waals surface area contributed by atoms with Crippen LogP contribution in [0.1, 0.15) is 24.4 Å². The van der Waals surface area contributed by atoms with E-state index < -0.39 is 0 Å². The molecule has 4 nitrogen and oxygen atoms in total. The van der Waals surface area contributed by atoms with Crippen LogP contribution >= 0.6 is 15.9 Å². The van der Waals surface area contributed by atoms with Crippen molar-refractivity contribution in [3.05, 3.63) is 46.5 Å². The Labute approximate surface area is 116 Å².